The first kappa shape index (κ1) is 13.7. The van der Waals surface area contributed by atoms with Gasteiger partial charge >= 0.3 is 0 Å². The van der Waals surface area contributed by atoms with Crippen molar-refractivity contribution in [1.29, 1.82) is 0 Å². The summed E-state index contributed by atoms with van der Waals surface area (Å²) in [5.41, 5.74) is 0.289. The number of aliphatic hydroxyl groups excluding tert-OH is 1. The average Bonchev–Trinajstić information content (AvgIpc) is 2.40. The second-order valence-corrected chi connectivity index (χ2v) is 5.00. The Morgan fingerprint density at radius 2 is 2.11 bits per heavy atom. The molecule has 1 atom stereocenters. The van der Waals surface area contributed by atoms with Gasteiger partial charge < -0.3 is 15.3 Å². The molecule has 0 saturated carbocycles. The van der Waals surface area contributed by atoms with Gasteiger partial charge in [0.2, 0.25) is 0 Å². The van der Waals surface area contributed by atoms with Gasteiger partial charge in [0.1, 0.15) is 5.82 Å². The summed E-state index contributed by atoms with van der Waals surface area (Å²) in [6.07, 6.45) is -0.268. The van der Waals surface area contributed by atoms with Crippen molar-refractivity contribution in [1.82, 2.24) is 10.2 Å². The zero-order valence-corrected chi connectivity index (χ0v) is 11.0. The maximum Gasteiger partial charge on any atom is 0.129 e. The van der Waals surface area contributed by atoms with Gasteiger partial charge in [-0.2, -0.15) is 0 Å². The van der Waals surface area contributed by atoms with E-state index in [-0.39, 0.29) is 5.56 Å². The highest BCUT2D eigenvalue weighted by atomic mass is 35.5. The molecular weight excluding hydrogens is 255 g/mol. The van der Waals surface area contributed by atoms with Gasteiger partial charge in [-0.3, -0.25) is 0 Å². The van der Waals surface area contributed by atoms with Gasteiger partial charge in [-0.15, -0.1) is 0 Å². The summed E-state index contributed by atoms with van der Waals surface area (Å²) < 4.78 is 13.5. The number of hydrogen-bond donors (Lipinski definition) is 2. The van der Waals surface area contributed by atoms with Crippen molar-refractivity contribution in [2.75, 3.05) is 32.7 Å². The van der Waals surface area contributed by atoms with Crippen LogP contribution in [0, 0.1) is 5.82 Å². The highest BCUT2D eigenvalue weighted by Gasteiger charge is 2.16. The van der Waals surface area contributed by atoms with Crippen molar-refractivity contribution in [3.8, 4) is 0 Å². The third-order valence-electron chi connectivity index (χ3n) is 3.25. The van der Waals surface area contributed by atoms with E-state index in [0.717, 1.165) is 32.7 Å². The quantitative estimate of drug-likeness (QED) is 0.878. The van der Waals surface area contributed by atoms with E-state index in [0.29, 0.717) is 11.4 Å². The molecule has 2 rings (SSSR count). The summed E-state index contributed by atoms with van der Waals surface area (Å²) in [7, 11) is 0. The zero-order valence-electron chi connectivity index (χ0n) is 10.2. The maximum absolute atomic E-state index is 13.5. The molecule has 1 aliphatic heterocycles. The molecule has 0 aromatic heterocycles. The van der Waals surface area contributed by atoms with Crippen LogP contribution in [0.15, 0.2) is 18.2 Å². The fraction of sp³-hybridized carbons (Fsp3) is 0.538. The fourth-order valence-corrected chi connectivity index (χ4v) is 2.35. The first-order chi connectivity index (χ1) is 8.66. The van der Waals surface area contributed by atoms with Gasteiger partial charge in [-0.05, 0) is 24.6 Å². The van der Waals surface area contributed by atoms with Gasteiger partial charge in [0.05, 0.1) is 6.10 Å². The van der Waals surface area contributed by atoms with Crippen molar-refractivity contribution in [2.45, 2.75) is 12.5 Å². The summed E-state index contributed by atoms with van der Waals surface area (Å²) in [6.45, 7) is 4.67. The van der Waals surface area contributed by atoms with Crippen molar-refractivity contribution >= 4 is 11.6 Å². The lowest BCUT2D eigenvalue weighted by Gasteiger charge is -2.28. The van der Waals surface area contributed by atoms with Crippen LogP contribution in [0.2, 0.25) is 5.02 Å². The van der Waals surface area contributed by atoms with Crippen LogP contribution < -0.4 is 5.32 Å². The summed E-state index contributed by atoms with van der Waals surface area (Å²) in [6, 6.07) is 4.29. The van der Waals surface area contributed by atoms with Gasteiger partial charge in [-0.25, -0.2) is 4.39 Å². The molecule has 0 radical (unpaired) electrons. The third-order valence-corrected chi connectivity index (χ3v) is 3.48. The van der Waals surface area contributed by atoms with Crippen molar-refractivity contribution in [3.05, 3.63) is 34.6 Å². The van der Waals surface area contributed by atoms with Crippen LogP contribution in [0.25, 0.3) is 0 Å². The van der Waals surface area contributed by atoms with E-state index in [1.54, 1.807) is 0 Å². The van der Waals surface area contributed by atoms with Crippen molar-refractivity contribution in [2.24, 2.45) is 0 Å². The molecule has 1 unspecified atom stereocenters. The molecule has 0 spiro atoms. The van der Waals surface area contributed by atoms with Crippen LogP contribution in [0.4, 0.5) is 4.39 Å². The maximum atomic E-state index is 13.5. The number of halogens is 2. The highest BCUT2D eigenvalue weighted by Crippen LogP contribution is 2.23. The van der Waals surface area contributed by atoms with E-state index in [9.17, 15) is 9.50 Å². The number of rotatable bonds is 4. The summed E-state index contributed by atoms with van der Waals surface area (Å²) >= 11 is 5.81. The lowest BCUT2D eigenvalue weighted by atomic mass is 10.1. The summed E-state index contributed by atoms with van der Waals surface area (Å²) in [4.78, 5) is 2.27. The van der Waals surface area contributed by atoms with Crippen LogP contribution in [-0.4, -0.2) is 42.7 Å². The monoisotopic (exact) mass is 272 g/mol. The molecule has 0 bridgehead atoms. The Morgan fingerprint density at radius 3 is 2.83 bits per heavy atom. The smallest absolute Gasteiger partial charge is 0.129 e. The lowest BCUT2D eigenvalue weighted by Crippen LogP contribution is -2.44. The SMILES string of the molecule is OC(CCN1CCNCC1)c1cc(Cl)ccc1F. The summed E-state index contributed by atoms with van der Waals surface area (Å²) in [5.74, 6) is -0.396. The lowest BCUT2D eigenvalue weighted by molar-refractivity contribution is 0.133. The Morgan fingerprint density at radius 1 is 1.39 bits per heavy atom. The molecule has 0 amide bonds. The normalized spacial score (nSPS) is 18.8. The molecular formula is C13H18ClFN2O. The third kappa shape index (κ3) is 3.65. The second kappa shape index (κ2) is 6.48. The Kier molecular flexibility index (Phi) is 4.95. The van der Waals surface area contributed by atoms with Crippen molar-refractivity contribution in [3.63, 3.8) is 0 Å². The van der Waals surface area contributed by atoms with E-state index in [2.05, 4.69) is 10.2 Å². The number of piperazine rings is 1. The minimum atomic E-state index is -0.793. The largest absolute Gasteiger partial charge is 0.388 e. The standard InChI is InChI=1S/C13H18ClFN2O/c14-10-1-2-12(15)11(9-10)13(18)3-6-17-7-4-16-5-8-17/h1-2,9,13,16,18H,3-8H2. The molecule has 18 heavy (non-hydrogen) atoms. The Balaban J connectivity index is 1.90. The average molecular weight is 273 g/mol. The number of benzene rings is 1. The van der Waals surface area contributed by atoms with E-state index in [1.165, 1.54) is 18.2 Å². The van der Waals surface area contributed by atoms with E-state index in [1.807, 2.05) is 0 Å². The molecule has 1 aliphatic rings. The Labute approximate surface area is 112 Å². The van der Waals surface area contributed by atoms with Crippen LogP contribution >= 0.6 is 11.6 Å². The molecule has 1 aromatic carbocycles. The molecule has 0 aliphatic carbocycles. The molecule has 1 aromatic rings. The van der Waals surface area contributed by atoms with Gasteiger partial charge in [-0.1, -0.05) is 11.6 Å². The van der Waals surface area contributed by atoms with E-state index < -0.39 is 11.9 Å². The number of aliphatic hydroxyl groups is 1. The number of hydrogen-bond acceptors (Lipinski definition) is 3. The van der Waals surface area contributed by atoms with E-state index in [4.69, 9.17) is 11.6 Å². The fourth-order valence-electron chi connectivity index (χ4n) is 2.17. The summed E-state index contributed by atoms with van der Waals surface area (Å²) in [5, 5.41) is 13.7. The highest BCUT2D eigenvalue weighted by molar-refractivity contribution is 6.30. The zero-order chi connectivity index (χ0) is 13.0. The van der Waals surface area contributed by atoms with Crippen LogP contribution in [0.3, 0.4) is 0 Å². The van der Waals surface area contributed by atoms with Crippen molar-refractivity contribution < 1.29 is 9.50 Å². The Bertz CT molecular complexity index is 397. The molecule has 1 fully saturated rings. The van der Waals surface area contributed by atoms with Gasteiger partial charge in [0.25, 0.3) is 0 Å². The molecule has 2 N–H and O–H groups in total. The Hall–Kier alpha value is -0.680. The van der Waals surface area contributed by atoms with Crippen LogP contribution in [0.5, 0.6) is 0 Å². The minimum absolute atomic E-state index is 0.289. The topological polar surface area (TPSA) is 35.5 Å². The second-order valence-electron chi connectivity index (χ2n) is 4.56. The first-order valence-electron chi connectivity index (χ1n) is 6.23. The van der Waals surface area contributed by atoms with E-state index >= 15 is 0 Å². The molecule has 100 valence electrons. The predicted octanol–water partition coefficient (Wildman–Crippen LogP) is 1.81. The molecule has 1 saturated heterocycles. The molecule has 5 heteroatoms. The minimum Gasteiger partial charge on any atom is -0.388 e. The molecule has 1 heterocycles. The first-order valence-corrected chi connectivity index (χ1v) is 6.60. The number of nitrogens with zero attached hydrogens (tertiary/aromatic N) is 1. The van der Waals surface area contributed by atoms with Gasteiger partial charge in [0.15, 0.2) is 0 Å². The number of nitrogens with one attached hydrogen (secondary N) is 1. The van der Waals surface area contributed by atoms with Gasteiger partial charge in [0, 0.05) is 43.3 Å². The predicted molar refractivity (Wildman–Crippen MR) is 70.3 cm³/mol. The van der Waals surface area contributed by atoms with Crippen LogP contribution in [-0.2, 0) is 0 Å². The molecule has 3 nitrogen and oxygen atoms in total. The van der Waals surface area contributed by atoms with Crippen LogP contribution in [0.1, 0.15) is 18.1 Å².